The fourth-order valence-corrected chi connectivity index (χ4v) is 3.99. The van der Waals surface area contributed by atoms with Crippen molar-refractivity contribution < 1.29 is 9.59 Å². The summed E-state index contributed by atoms with van der Waals surface area (Å²) >= 11 is 0. The van der Waals surface area contributed by atoms with E-state index in [-0.39, 0.29) is 23.4 Å². The summed E-state index contributed by atoms with van der Waals surface area (Å²) in [4.78, 5) is 31.0. The minimum atomic E-state index is -0.0480. The second kappa shape index (κ2) is 6.20. The van der Waals surface area contributed by atoms with Crippen molar-refractivity contribution in [3.8, 4) is 0 Å². The second-order valence-electron chi connectivity index (χ2n) is 7.68. The summed E-state index contributed by atoms with van der Waals surface area (Å²) in [6.45, 7) is 11.8. The SMILES string of the molecule is CC(=O)N1C[C@@H]2CN(C(=O)c3ccc(C)cc3)CCN2C(C)(C)C1. The van der Waals surface area contributed by atoms with Crippen LogP contribution in [0, 0.1) is 6.92 Å². The molecule has 0 radical (unpaired) electrons. The molecule has 0 aliphatic carbocycles. The summed E-state index contributed by atoms with van der Waals surface area (Å²) in [5, 5.41) is 0. The average molecular weight is 329 g/mol. The van der Waals surface area contributed by atoms with Crippen molar-refractivity contribution in [1.82, 2.24) is 14.7 Å². The Hall–Kier alpha value is -1.88. The van der Waals surface area contributed by atoms with Gasteiger partial charge in [0.05, 0.1) is 0 Å². The molecule has 0 spiro atoms. The number of carbonyl (C=O) groups excluding carboxylic acids is 2. The van der Waals surface area contributed by atoms with E-state index in [2.05, 4.69) is 18.7 Å². The molecule has 2 saturated heterocycles. The van der Waals surface area contributed by atoms with Crippen LogP contribution in [0.1, 0.15) is 36.7 Å². The van der Waals surface area contributed by atoms with Gasteiger partial charge in [-0.2, -0.15) is 0 Å². The van der Waals surface area contributed by atoms with E-state index in [0.29, 0.717) is 13.1 Å². The lowest BCUT2D eigenvalue weighted by Gasteiger charge is -2.55. The Kier molecular flexibility index (Phi) is 4.38. The standard InChI is InChI=1S/C19H27N3O2/c1-14-5-7-16(8-6-14)18(24)20-9-10-22-17(11-20)12-21(15(2)23)13-19(22,3)4/h5-8,17H,9-13H2,1-4H3/t17-/m0/s1. The van der Waals surface area contributed by atoms with Crippen LogP contribution in [0.3, 0.4) is 0 Å². The minimum Gasteiger partial charge on any atom is -0.339 e. The number of aryl methyl sites for hydroxylation is 1. The lowest BCUT2D eigenvalue weighted by Crippen LogP contribution is -2.70. The summed E-state index contributed by atoms with van der Waals surface area (Å²) in [5.41, 5.74) is 1.85. The Labute approximate surface area is 144 Å². The molecule has 0 bridgehead atoms. The van der Waals surface area contributed by atoms with Crippen molar-refractivity contribution in [3.63, 3.8) is 0 Å². The maximum atomic E-state index is 12.8. The van der Waals surface area contributed by atoms with Gasteiger partial charge in [0.15, 0.2) is 0 Å². The maximum Gasteiger partial charge on any atom is 0.253 e. The van der Waals surface area contributed by atoms with Gasteiger partial charge in [0.2, 0.25) is 5.91 Å². The van der Waals surface area contributed by atoms with Crippen LogP contribution in [-0.4, -0.2) is 70.8 Å². The smallest absolute Gasteiger partial charge is 0.253 e. The van der Waals surface area contributed by atoms with Crippen LogP contribution in [0.4, 0.5) is 0 Å². The first-order chi connectivity index (χ1) is 11.3. The number of benzene rings is 1. The molecule has 0 N–H and O–H groups in total. The van der Waals surface area contributed by atoms with Crippen LogP contribution in [-0.2, 0) is 4.79 Å². The third-order valence-electron chi connectivity index (χ3n) is 5.30. The Morgan fingerprint density at radius 3 is 2.29 bits per heavy atom. The molecule has 2 heterocycles. The summed E-state index contributed by atoms with van der Waals surface area (Å²) in [5.74, 6) is 0.206. The van der Waals surface area contributed by atoms with E-state index in [1.165, 1.54) is 0 Å². The molecule has 5 nitrogen and oxygen atoms in total. The van der Waals surface area contributed by atoms with Crippen molar-refractivity contribution in [2.45, 2.75) is 39.3 Å². The van der Waals surface area contributed by atoms with E-state index >= 15 is 0 Å². The van der Waals surface area contributed by atoms with Gasteiger partial charge in [-0.1, -0.05) is 17.7 Å². The van der Waals surface area contributed by atoms with E-state index in [9.17, 15) is 9.59 Å². The van der Waals surface area contributed by atoms with Gasteiger partial charge in [-0.25, -0.2) is 0 Å². The molecule has 5 heteroatoms. The van der Waals surface area contributed by atoms with Crippen LogP contribution < -0.4 is 0 Å². The molecule has 1 atom stereocenters. The number of nitrogens with zero attached hydrogens (tertiary/aromatic N) is 3. The first-order valence-electron chi connectivity index (χ1n) is 8.66. The molecular weight excluding hydrogens is 302 g/mol. The summed E-state index contributed by atoms with van der Waals surface area (Å²) in [6.07, 6.45) is 0. The molecular formula is C19H27N3O2. The Morgan fingerprint density at radius 2 is 1.67 bits per heavy atom. The quantitative estimate of drug-likeness (QED) is 0.789. The number of rotatable bonds is 1. The van der Waals surface area contributed by atoms with Crippen LogP contribution in [0.25, 0.3) is 0 Å². The molecule has 2 amide bonds. The molecule has 2 fully saturated rings. The molecule has 1 aromatic rings. The Balaban J connectivity index is 1.75. The zero-order valence-corrected chi connectivity index (χ0v) is 15.1. The highest BCUT2D eigenvalue weighted by atomic mass is 16.2. The predicted octanol–water partition coefficient (Wildman–Crippen LogP) is 1.76. The molecule has 0 saturated carbocycles. The van der Waals surface area contributed by atoms with E-state index in [1.54, 1.807) is 6.92 Å². The van der Waals surface area contributed by atoms with Crippen LogP contribution >= 0.6 is 0 Å². The van der Waals surface area contributed by atoms with Gasteiger partial charge in [-0.15, -0.1) is 0 Å². The highest BCUT2D eigenvalue weighted by Crippen LogP contribution is 2.28. The van der Waals surface area contributed by atoms with Crippen molar-refractivity contribution in [2.75, 3.05) is 32.7 Å². The largest absolute Gasteiger partial charge is 0.339 e. The average Bonchev–Trinajstić information content (AvgIpc) is 2.53. The topological polar surface area (TPSA) is 43.9 Å². The minimum absolute atomic E-state index is 0.0480. The summed E-state index contributed by atoms with van der Waals surface area (Å²) < 4.78 is 0. The van der Waals surface area contributed by atoms with Crippen molar-refractivity contribution in [2.24, 2.45) is 0 Å². The third-order valence-corrected chi connectivity index (χ3v) is 5.30. The number of carbonyl (C=O) groups is 2. The summed E-state index contributed by atoms with van der Waals surface area (Å²) in [7, 11) is 0. The van der Waals surface area contributed by atoms with Crippen LogP contribution in [0.2, 0.25) is 0 Å². The Morgan fingerprint density at radius 1 is 1.04 bits per heavy atom. The fourth-order valence-electron chi connectivity index (χ4n) is 3.99. The molecule has 2 aliphatic rings. The summed E-state index contributed by atoms with van der Waals surface area (Å²) in [6, 6.07) is 7.96. The highest BCUT2D eigenvalue weighted by Gasteiger charge is 2.43. The maximum absolute atomic E-state index is 12.8. The van der Waals surface area contributed by atoms with Crippen LogP contribution in [0.15, 0.2) is 24.3 Å². The predicted molar refractivity (Wildman–Crippen MR) is 93.9 cm³/mol. The van der Waals surface area contributed by atoms with E-state index in [1.807, 2.05) is 41.0 Å². The number of piperazine rings is 2. The van der Waals surface area contributed by atoms with Gasteiger partial charge in [-0.05, 0) is 32.9 Å². The lowest BCUT2D eigenvalue weighted by atomic mass is 9.92. The molecule has 24 heavy (non-hydrogen) atoms. The molecule has 3 rings (SSSR count). The van der Waals surface area contributed by atoms with Gasteiger partial charge in [0.25, 0.3) is 5.91 Å². The third kappa shape index (κ3) is 3.18. The molecule has 0 unspecified atom stereocenters. The zero-order chi connectivity index (χ0) is 17.5. The van der Waals surface area contributed by atoms with Crippen molar-refractivity contribution in [1.29, 1.82) is 0 Å². The van der Waals surface area contributed by atoms with E-state index in [4.69, 9.17) is 0 Å². The van der Waals surface area contributed by atoms with Gasteiger partial charge in [0.1, 0.15) is 0 Å². The molecule has 1 aromatic carbocycles. The highest BCUT2D eigenvalue weighted by molar-refractivity contribution is 5.94. The molecule has 130 valence electrons. The zero-order valence-electron chi connectivity index (χ0n) is 15.1. The number of fused-ring (bicyclic) bond motifs is 1. The van der Waals surface area contributed by atoms with Gasteiger partial charge in [-0.3, -0.25) is 14.5 Å². The monoisotopic (exact) mass is 329 g/mol. The van der Waals surface area contributed by atoms with E-state index < -0.39 is 0 Å². The van der Waals surface area contributed by atoms with Gasteiger partial charge < -0.3 is 9.80 Å². The fraction of sp³-hybridized carbons (Fsp3) is 0.579. The van der Waals surface area contributed by atoms with Crippen molar-refractivity contribution >= 4 is 11.8 Å². The second-order valence-corrected chi connectivity index (χ2v) is 7.68. The van der Waals surface area contributed by atoms with Gasteiger partial charge >= 0.3 is 0 Å². The van der Waals surface area contributed by atoms with Crippen molar-refractivity contribution in [3.05, 3.63) is 35.4 Å². The number of hydrogen-bond donors (Lipinski definition) is 0. The first kappa shape index (κ1) is 17.0. The molecule has 2 aliphatic heterocycles. The normalized spacial score (nSPS) is 23.8. The number of amides is 2. The molecule has 0 aromatic heterocycles. The van der Waals surface area contributed by atoms with E-state index in [0.717, 1.165) is 30.8 Å². The van der Waals surface area contributed by atoms with Gasteiger partial charge in [0, 0.05) is 56.8 Å². The lowest BCUT2D eigenvalue weighted by molar-refractivity contribution is -0.138. The van der Waals surface area contributed by atoms with Crippen LogP contribution in [0.5, 0.6) is 0 Å². The number of hydrogen-bond acceptors (Lipinski definition) is 3. The Bertz CT molecular complexity index is 639. The first-order valence-corrected chi connectivity index (χ1v) is 8.66.